The summed E-state index contributed by atoms with van der Waals surface area (Å²) in [5.74, 6) is 2.22. The molecule has 300 valence electrons. The molecule has 0 aromatic heterocycles. The molecule has 2 heterocycles. The Hall–Kier alpha value is -1.93. The van der Waals surface area contributed by atoms with E-state index in [1.165, 1.54) is 57.0 Å². The van der Waals surface area contributed by atoms with Crippen molar-refractivity contribution < 1.29 is 26.7 Å². The molecule has 0 fully saturated rings. The average molecular weight is 929 g/mol. The van der Waals surface area contributed by atoms with Crippen LogP contribution in [0.2, 0.25) is 49.1 Å². The predicted molar refractivity (Wildman–Crippen MR) is 249 cm³/mol. The molecule has 0 saturated carbocycles. The SMILES string of the molecule is CC1=C2C3=C(C=CC=CC3c3ccc(O[Si](C)(C)C(C)(C)C)cc3)[CH]1[Zr]([Cl])([Cl])[C]13CCC[SiH]2C(=C1C)C1=C3C=CC=CC1c1ccc(O[Si](C)(C)C(C)(C)C)cc1. The summed E-state index contributed by atoms with van der Waals surface area (Å²) >= 11 is -4.29. The molecule has 8 rings (SSSR count). The van der Waals surface area contributed by atoms with Crippen LogP contribution < -0.4 is 8.85 Å². The molecule has 5 unspecified atom stereocenters. The van der Waals surface area contributed by atoms with Gasteiger partial charge in [-0.3, -0.25) is 0 Å². The second-order valence-electron chi connectivity index (χ2n) is 20.5. The third-order valence-corrected chi connectivity index (χ3v) is 43.0. The Balaban J connectivity index is 1.24. The summed E-state index contributed by atoms with van der Waals surface area (Å²) in [6, 6.07) is 19.4. The molecule has 57 heavy (non-hydrogen) atoms. The zero-order valence-corrected chi connectivity index (χ0v) is 43.4. The minimum absolute atomic E-state index is 0.110. The van der Waals surface area contributed by atoms with Gasteiger partial charge in [0.15, 0.2) is 0 Å². The maximum absolute atomic E-state index is 8.47. The number of hydrogen-bond acceptors (Lipinski definition) is 2. The van der Waals surface area contributed by atoms with Crippen molar-refractivity contribution >= 4 is 42.5 Å². The molecule has 2 aliphatic heterocycles. The predicted octanol–water partition coefficient (Wildman–Crippen LogP) is 15.3. The van der Waals surface area contributed by atoms with Crippen molar-refractivity contribution in [3.8, 4) is 11.5 Å². The van der Waals surface area contributed by atoms with Gasteiger partial charge in [-0.2, -0.15) is 0 Å². The van der Waals surface area contributed by atoms with Crippen molar-refractivity contribution in [3.63, 3.8) is 0 Å². The van der Waals surface area contributed by atoms with Gasteiger partial charge in [-0.1, -0.05) is 0 Å². The molecule has 6 aliphatic rings. The Labute approximate surface area is 359 Å². The van der Waals surface area contributed by atoms with E-state index in [2.05, 4.69) is 179 Å². The van der Waals surface area contributed by atoms with Crippen LogP contribution in [0.5, 0.6) is 11.5 Å². The number of hydrogen-bond donors (Lipinski definition) is 0. The Kier molecular flexibility index (Phi) is 10.5. The summed E-state index contributed by atoms with van der Waals surface area (Å²) in [7, 11) is 11.2. The average Bonchev–Trinajstić information content (AvgIpc) is 3.27. The molecule has 5 atom stereocenters. The molecular weight excluding hydrogens is 867 g/mol. The van der Waals surface area contributed by atoms with Crippen molar-refractivity contribution in [2.75, 3.05) is 0 Å². The normalized spacial score (nSPS) is 28.0. The molecule has 4 aliphatic carbocycles. The van der Waals surface area contributed by atoms with E-state index in [-0.39, 0.29) is 28.7 Å². The molecule has 0 amide bonds. The number of halogens is 2. The van der Waals surface area contributed by atoms with Gasteiger partial charge in [-0.25, -0.2) is 0 Å². The minimum atomic E-state index is -4.29. The maximum atomic E-state index is 8.47. The van der Waals surface area contributed by atoms with E-state index in [9.17, 15) is 0 Å². The third kappa shape index (κ3) is 6.51. The number of allylic oxidation sites excluding steroid dienone is 16. The van der Waals surface area contributed by atoms with Crippen LogP contribution in [0.1, 0.15) is 91.2 Å². The number of fused-ring (bicyclic) bond motifs is 4. The van der Waals surface area contributed by atoms with Crippen molar-refractivity contribution in [1.29, 1.82) is 0 Å². The van der Waals surface area contributed by atoms with Gasteiger partial charge in [0.1, 0.15) is 0 Å². The van der Waals surface area contributed by atoms with Crippen LogP contribution in [0.4, 0.5) is 0 Å². The van der Waals surface area contributed by atoms with Gasteiger partial charge in [-0.15, -0.1) is 0 Å². The molecular formula is C49H62Cl2O2Si3Zr. The third-order valence-electron chi connectivity index (χ3n) is 15.4. The van der Waals surface area contributed by atoms with E-state index in [0.717, 1.165) is 17.9 Å². The van der Waals surface area contributed by atoms with Crippen LogP contribution in [0.3, 0.4) is 0 Å². The van der Waals surface area contributed by atoms with Gasteiger partial charge in [-0.05, 0) is 0 Å². The Morgan fingerprint density at radius 1 is 0.684 bits per heavy atom. The van der Waals surface area contributed by atoms with E-state index in [4.69, 9.17) is 25.9 Å². The quantitative estimate of drug-likeness (QED) is 0.269. The molecule has 2 aromatic rings. The van der Waals surface area contributed by atoms with E-state index in [1.54, 1.807) is 10.4 Å². The van der Waals surface area contributed by atoms with Crippen LogP contribution in [-0.2, 0) is 17.9 Å². The van der Waals surface area contributed by atoms with Crippen LogP contribution >= 0.6 is 17.0 Å². The Bertz CT molecular complexity index is 2250. The zero-order valence-electron chi connectivity index (χ0n) is 36.2. The van der Waals surface area contributed by atoms with Crippen molar-refractivity contribution in [3.05, 3.63) is 152 Å². The van der Waals surface area contributed by atoms with Gasteiger partial charge >= 0.3 is 362 Å². The van der Waals surface area contributed by atoms with Crippen molar-refractivity contribution in [2.45, 2.75) is 129 Å². The summed E-state index contributed by atoms with van der Waals surface area (Å²) in [5, 5.41) is 3.58. The summed E-state index contributed by atoms with van der Waals surface area (Å²) < 4.78 is 13.3. The first-order chi connectivity index (χ1) is 26.6. The first kappa shape index (κ1) is 41.8. The first-order valence-corrected chi connectivity index (χ1v) is 38.0. The second-order valence-corrected chi connectivity index (χ2v) is 47.6. The van der Waals surface area contributed by atoms with Crippen LogP contribution in [0.15, 0.2) is 141 Å². The summed E-state index contributed by atoms with van der Waals surface area (Å²) in [4.78, 5) is 0. The molecule has 0 saturated heterocycles. The van der Waals surface area contributed by atoms with Crippen molar-refractivity contribution in [1.82, 2.24) is 0 Å². The number of benzene rings is 2. The summed E-state index contributed by atoms with van der Waals surface area (Å²) in [5.41, 5.74) is 11.5. The first-order valence-electron chi connectivity index (χ1n) is 21.2. The monoisotopic (exact) mass is 926 g/mol. The fraction of sp³-hybridized carbons (Fsp3) is 0.429. The number of rotatable bonds is 6. The van der Waals surface area contributed by atoms with Crippen LogP contribution in [0.25, 0.3) is 0 Å². The molecule has 0 N–H and O–H groups in total. The molecule has 2 nitrogen and oxygen atoms in total. The van der Waals surface area contributed by atoms with Crippen LogP contribution in [-0.4, -0.2) is 25.4 Å². The molecule has 8 heteroatoms. The second kappa shape index (κ2) is 14.3. The van der Waals surface area contributed by atoms with Crippen molar-refractivity contribution in [2.24, 2.45) is 0 Å². The molecule has 0 radical (unpaired) electrons. The topological polar surface area (TPSA) is 18.5 Å². The van der Waals surface area contributed by atoms with Crippen LogP contribution in [0, 0.1) is 0 Å². The van der Waals surface area contributed by atoms with E-state index in [1.807, 2.05) is 0 Å². The molecule has 5 bridgehead atoms. The fourth-order valence-electron chi connectivity index (χ4n) is 10.4. The van der Waals surface area contributed by atoms with Gasteiger partial charge in [0.25, 0.3) is 0 Å². The van der Waals surface area contributed by atoms with Gasteiger partial charge in [0.2, 0.25) is 0 Å². The summed E-state index contributed by atoms with van der Waals surface area (Å²) in [6.07, 6.45) is 21.0. The Morgan fingerprint density at radius 3 is 1.68 bits per heavy atom. The van der Waals surface area contributed by atoms with E-state index >= 15 is 0 Å². The standard InChI is InChI=1S/C49H62O2Si3.2ClH.Zr/c1-33-32-37-18-13-14-19-41(35-23-27-38(28-24-35)50-53(9,10)48(3,4)5)44(37)46(33)52-31-17-22-40-34(2)47(52)45-42(20-15-16-21-43(40)45)36-25-29-39(30-26-36)51-54(11,12)49(6,7)8;;;/h13-16,18-21,23-30,32,41-42,52H,17,22,31H2,1-12H3;2*1H;/q;;;+2/p-2. The van der Waals surface area contributed by atoms with E-state index < -0.39 is 43.3 Å². The Morgan fingerprint density at radius 2 is 1.18 bits per heavy atom. The zero-order chi connectivity index (χ0) is 41.1. The van der Waals surface area contributed by atoms with Gasteiger partial charge < -0.3 is 0 Å². The van der Waals surface area contributed by atoms with E-state index in [0.29, 0.717) is 0 Å². The fourth-order valence-corrected chi connectivity index (χ4v) is 33.7. The van der Waals surface area contributed by atoms with Gasteiger partial charge in [0.05, 0.1) is 0 Å². The molecule has 0 spiro atoms. The molecule has 2 aromatic carbocycles. The summed E-state index contributed by atoms with van der Waals surface area (Å²) in [6.45, 7) is 28.0. The van der Waals surface area contributed by atoms with Gasteiger partial charge in [0, 0.05) is 0 Å².